The van der Waals surface area contributed by atoms with E-state index in [-0.39, 0.29) is 6.54 Å². The van der Waals surface area contributed by atoms with E-state index in [0.29, 0.717) is 159 Å². The second-order valence-corrected chi connectivity index (χ2v) is 12.4. The van der Waals surface area contributed by atoms with Crippen LogP contribution in [0.4, 0.5) is 0 Å². The van der Waals surface area contributed by atoms with Crippen molar-refractivity contribution in [3.05, 3.63) is 0 Å². The zero-order valence-corrected chi connectivity index (χ0v) is 35.2. The quantitative estimate of drug-likeness (QED) is 0.0407. The van der Waals surface area contributed by atoms with Crippen molar-refractivity contribution < 1.29 is 66.7 Å². The zero-order valence-electron chi connectivity index (χ0n) is 35.2. The number of rotatable bonds is 53. The van der Waals surface area contributed by atoms with Crippen LogP contribution in [0.15, 0.2) is 0 Å². The molecule has 0 bridgehead atoms. The average molecular weight is 832 g/mol. The van der Waals surface area contributed by atoms with Crippen LogP contribution < -0.4 is 26.6 Å². The molecule has 0 aromatic heterocycles. The molecule has 0 radical (unpaired) electrons. The molecule has 0 saturated carbocycles. The fourth-order valence-electron chi connectivity index (χ4n) is 4.49. The van der Waals surface area contributed by atoms with Crippen LogP contribution in [0.5, 0.6) is 0 Å². The maximum Gasteiger partial charge on any atom is 0.317 e. The molecule has 342 valence electrons. The van der Waals surface area contributed by atoms with Crippen LogP contribution in [0.1, 0.15) is 19.3 Å². The second kappa shape index (κ2) is 52.8. The molecule has 57 heavy (non-hydrogen) atoms. The lowest BCUT2D eigenvalue weighted by atomic mass is 10.2. The third-order valence-corrected chi connectivity index (χ3v) is 7.49. The van der Waals surface area contributed by atoms with Crippen molar-refractivity contribution in [2.24, 2.45) is 0 Å². The van der Waals surface area contributed by atoms with Crippen molar-refractivity contribution >= 4 is 5.97 Å². The maximum atomic E-state index is 10.4. The lowest BCUT2D eigenvalue weighted by molar-refractivity contribution is -0.135. The van der Waals surface area contributed by atoms with E-state index in [9.17, 15) is 4.79 Å². The van der Waals surface area contributed by atoms with Gasteiger partial charge in [-0.2, -0.15) is 0 Å². The molecule has 0 amide bonds. The van der Waals surface area contributed by atoms with E-state index in [1.165, 1.54) is 12.8 Å². The molecule has 0 aliphatic carbocycles. The Labute approximate surface area is 342 Å². The van der Waals surface area contributed by atoms with Gasteiger partial charge in [-0.1, -0.05) is 6.42 Å². The molecule has 0 aromatic carbocycles. The summed E-state index contributed by atoms with van der Waals surface area (Å²) >= 11 is 0. The lowest BCUT2D eigenvalue weighted by Gasteiger charge is -2.09. The third kappa shape index (κ3) is 54.8. The normalized spacial score (nSPS) is 11.6. The van der Waals surface area contributed by atoms with Gasteiger partial charge in [0.1, 0.15) is 0 Å². The van der Waals surface area contributed by atoms with Gasteiger partial charge in [-0.15, -0.1) is 0 Å². The van der Waals surface area contributed by atoms with Crippen molar-refractivity contribution in [2.75, 3.05) is 225 Å². The summed E-state index contributed by atoms with van der Waals surface area (Å²) in [5, 5.41) is 24.9. The summed E-state index contributed by atoms with van der Waals surface area (Å²) in [7, 11) is 1.65. The Bertz CT molecular complexity index is 758. The standard InChI is InChI=1S/C38H81N5O14/c1-46-15-16-48-19-20-50-23-24-52-27-28-54-31-32-56-35-36-57-34-33-55-30-29-53-26-25-51-22-21-49-18-17-47-14-13-40-6-4-2-3-5-39-7-8-41-9-10-42-11-12-43-37-38(44)45/h39-43H,2-37H2,1H3,(H,44,45). The number of nitrogens with one attached hydrogen (secondary N) is 5. The van der Waals surface area contributed by atoms with Gasteiger partial charge in [-0.25, -0.2) is 0 Å². The summed E-state index contributed by atoms with van der Waals surface area (Å²) in [5.41, 5.74) is 0. The van der Waals surface area contributed by atoms with E-state index < -0.39 is 5.97 Å². The van der Waals surface area contributed by atoms with E-state index in [1.54, 1.807) is 7.11 Å². The molecule has 0 saturated heterocycles. The Balaban J connectivity index is 3.06. The van der Waals surface area contributed by atoms with Crippen LogP contribution in [-0.2, 0) is 61.6 Å². The molecular formula is C38H81N5O14. The summed E-state index contributed by atoms with van der Waals surface area (Å²) in [5.74, 6) is -0.829. The number of ether oxygens (including phenoxy) is 12. The highest BCUT2D eigenvalue weighted by atomic mass is 16.6. The number of hydrogen-bond donors (Lipinski definition) is 6. The summed E-state index contributed by atoms with van der Waals surface area (Å²) in [6, 6.07) is 0. The Morgan fingerprint density at radius 2 is 0.561 bits per heavy atom. The number of hydrogen-bond acceptors (Lipinski definition) is 18. The van der Waals surface area contributed by atoms with Crippen molar-refractivity contribution in [2.45, 2.75) is 19.3 Å². The van der Waals surface area contributed by atoms with Crippen molar-refractivity contribution in [3.8, 4) is 0 Å². The molecule has 0 aliphatic heterocycles. The SMILES string of the molecule is COCCOCCOCCOCCOCCOCCOCCOCCOCCOCCOCCOCCNCCCCCNCCNCCNCCNCC(=O)O. The fraction of sp³-hybridized carbons (Fsp3) is 0.974. The first-order valence-electron chi connectivity index (χ1n) is 20.9. The summed E-state index contributed by atoms with van der Waals surface area (Å²) in [4.78, 5) is 10.4. The minimum absolute atomic E-state index is 0.00597. The Morgan fingerprint density at radius 3 is 0.860 bits per heavy atom. The maximum absolute atomic E-state index is 10.4. The Kier molecular flexibility index (Phi) is 51.7. The summed E-state index contributed by atoms with van der Waals surface area (Å²) in [6.45, 7) is 20.3. The predicted molar refractivity (Wildman–Crippen MR) is 217 cm³/mol. The number of aliphatic carboxylic acids is 1. The molecule has 0 aliphatic rings. The van der Waals surface area contributed by atoms with E-state index in [4.69, 9.17) is 61.9 Å². The van der Waals surface area contributed by atoms with E-state index in [0.717, 1.165) is 58.8 Å². The first-order valence-corrected chi connectivity index (χ1v) is 20.9. The molecule has 0 unspecified atom stereocenters. The van der Waals surface area contributed by atoms with Gasteiger partial charge in [-0.05, 0) is 25.9 Å². The Hall–Kier alpha value is -1.21. The van der Waals surface area contributed by atoms with Gasteiger partial charge < -0.3 is 88.5 Å². The highest BCUT2D eigenvalue weighted by Crippen LogP contribution is 1.92. The van der Waals surface area contributed by atoms with Gasteiger partial charge in [0.25, 0.3) is 0 Å². The first kappa shape index (κ1) is 55.8. The molecule has 19 nitrogen and oxygen atoms in total. The predicted octanol–water partition coefficient (Wildman–Crippen LogP) is -0.982. The van der Waals surface area contributed by atoms with Gasteiger partial charge in [0.2, 0.25) is 0 Å². The molecule has 0 atom stereocenters. The van der Waals surface area contributed by atoms with Crippen molar-refractivity contribution in [1.29, 1.82) is 0 Å². The minimum Gasteiger partial charge on any atom is -0.480 e. The van der Waals surface area contributed by atoms with Gasteiger partial charge >= 0.3 is 5.97 Å². The van der Waals surface area contributed by atoms with Crippen LogP contribution in [0, 0.1) is 0 Å². The van der Waals surface area contributed by atoms with E-state index >= 15 is 0 Å². The van der Waals surface area contributed by atoms with Crippen molar-refractivity contribution in [1.82, 2.24) is 26.6 Å². The van der Waals surface area contributed by atoms with Crippen molar-refractivity contribution in [3.63, 3.8) is 0 Å². The second-order valence-electron chi connectivity index (χ2n) is 12.4. The van der Waals surface area contributed by atoms with Crippen LogP contribution in [-0.4, -0.2) is 236 Å². The molecule has 6 N–H and O–H groups in total. The summed E-state index contributed by atoms with van der Waals surface area (Å²) in [6.07, 6.45) is 3.52. The average Bonchev–Trinajstić information content (AvgIpc) is 3.21. The number of unbranched alkanes of at least 4 members (excludes halogenated alkanes) is 2. The monoisotopic (exact) mass is 832 g/mol. The topological polar surface area (TPSA) is 208 Å². The molecule has 0 aromatic rings. The molecule has 0 fully saturated rings. The fourth-order valence-corrected chi connectivity index (χ4v) is 4.49. The number of carbonyl (C=O) groups is 1. The zero-order chi connectivity index (χ0) is 41.1. The Morgan fingerprint density at radius 1 is 0.316 bits per heavy atom. The largest absolute Gasteiger partial charge is 0.480 e. The van der Waals surface area contributed by atoms with Gasteiger partial charge in [0.15, 0.2) is 0 Å². The van der Waals surface area contributed by atoms with Crippen LogP contribution in [0.25, 0.3) is 0 Å². The third-order valence-electron chi connectivity index (χ3n) is 7.49. The highest BCUT2D eigenvalue weighted by Gasteiger charge is 1.98. The molecule has 19 heteroatoms. The summed E-state index contributed by atoms with van der Waals surface area (Å²) < 4.78 is 65.2. The molecular weight excluding hydrogens is 750 g/mol. The van der Waals surface area contributed by atoms with Crippen LogP contribution in [0.3, 0.4) is 0 Å². The van der Waals surface area contributed by atoms with Gasteiger partial charge in [-0.3, -0.25) is 4.79 Å². The van der Waals surface area contributed by atoms with E-state index in [2.05, 4.69) is 26.6 Å². The lowest BCUT2D eigenvalue weighted by Crippen LogP contribution is -2.36. The first-order chi connectivity index (χ1) is 28.3. The highest BCUT2D eigenvalue weighted by molar-refractivity contribution is 5.68. The molecule has 0 rings (SSSR count). The van der Waals surface area contributed by atoms with Gasteiger partial charge in [0.05, 0.1) is 159 Å². The smallest absolute Gasteiger partial charge is 0.317 e. The van der Waals surface area contributed by atoms with E-state index in [1.807, 2.05) is 0 Å². The number of methoxy groups -OCH3 is 1. The number of carboxylic acids is 1. The molecule has 0 spiro atoms. The number of carboxylic acid groups (broad SMARTS) is 1. The van der Waals surface area contributed by atoms with Crippen LogP contribution >= 0.6 is 0 Å². The van der Waals surface area contributed by atoms with Crippen LogP contribution in [0.2, 0.25) is 0 Å². The minimum atomic E-state index is -0.829. The molecule has 0 heterocycles. The van der Waals surface area contributed by atoms with Gasteiger partial charge in [0, 0.05) is 52.9 Å².